The molecule has 0 amide bonds. The average molecular weight is 1580 g/mol. The number of pyridine rings is 4. The Labute approximate surface area is 667 Å². The largest absolute Gasteiger partial charge is 0.394 e. The van der Waals surface area contributed by atoms with E-state index in [-0.39, 0.29) is 6.61 Å². The third kappa shape index (κ3) is 14.9. The van der Waals surface area contributed by atoms with Gasteiger partial charge in [-0.05, 0) is 151 Å². The minimum atomic E-state index is -0.479. The third-order valence-corrected chi connectivity index (χ3v) is 27.5. The maximum absolute atomic E-state index is 9.41. The van der Waals surface area contributed by atoms with Crippen LogP contribution in [0, 0.1) is 37.0 Å². The van der Waals surface area contributed by atoms with Crippen LogP contribution in [0.1, 0.15) is 194 Å². The molecule has 0 unspecified atom stereocenters. The minimum absolute atomic E-state index is 0.0139. The van der Waals surface area contributed by atoms with Crippen LogP contribution >= 0.6 is 46.4 Å². The average Bonchev–Trinajstić information content (AvgIpc) is 1.71. The molecule has 19 rings (SSSR count). The van der Waals surface area contributed by atoms with Crippen molar-refractivity contribution in [3.63, 3.8) is 0 Å². The zero-order valence-electron chi connectivity index (χ0n) is 63.6. The molecule has 0 radical (unpaired) electrons. The molecule has 11 aliphatic rings. The van der Waals surface area contributed by atoms with Crippen LogP contribution in [0.3, 0.4) is 0 Å². The van der Waals surface area contributed by atoms with Crippen LogP contribution < -0.4 is 47.9 Å². The Morgan fingerprint density at radius 2 is 0.667 bits per heavy atom. The maximum Gasteiger partial charge on any atom is 0.147 e. The van der Waals surface area contributed by atoms with E-state index in [1.54, 1.807) is 38.0 Å². The van der Waals surface area contributed by atoms with E-state index in [4.69, 9.17) is 104 Å². The predicted molar refractivity (Wildman–Crippen MR) is 439 cm³/mol. The molecule has 111 heavy (non-hydrogen) atoms. The second kappa shape index (κ2) is 31.9. The quantitative estimate of drug-likeness (QED) is 0.0741. The lowest BCUT2D eigenvalue weighted by Crippen LogP contribution is -2.53. The molecular weight excluding hydrogens is 1480 g/mol. The monoisotopic (exact) mass is 1580 g/mol. The van der Waals surface area contributed by atoms with E-state index >= 15 is 0 Å². The molecule has 30 heteroatoms. The number of rotatable bonds is 10. The first-order valence-electron chi connectivity index (χ1n) is 39.2. The van der Waals surface area contributed by atoms with Crippen LogP contribution in [0.15, 0.2) is 93.8 Å². The maximum atomic E-state index is 9.41. The third-order valence-electron chi connectivity index (χ3n) is 25.7. The molecule has 26 nitrogen and oxygen atoms in total. The van der Waals surface area contributed by atoms with Gasteiger partial charge in [-0.25, -0.2) is 44.9 Å². The van der Waals surface area contributed by atoms with Crippen molar-refractivity contribution < 1.29 is 5.11 Å². The molecule has 3 saturated carbocycles. The van der Waals surface area contributed by atoms with Crippen LogP contribution in [-0.4, -0.2) is 177 Å². The molecule has 8 aromatic rings. The first-order valence-corrected chi connectivity index (χ1v) is 40.7. The van der Waals surface area contributed by atoms with E-state index in [0.29, 0.717) is 86.5 Å². The van der Waals surface area contributed by atoms with Crippen molar-refractivity contribution in [3.8, 4) is 0 Å². The van der Waals surface area contributed by atoms with Crippen LogP contribution in [0.2, 0.25) is 20.1 Å². The van der Waals surface area contributed by atoms with Gasteiger partial charge in [-0.1, -0.05) is 65.7 Å². The van der Waals surface area contributed by atoms with Gasteiger partial charge in [-0.2, -0.15) is 0 Å². The Morgan fingerprint density at radius 1 is 0.396 bits per heavy atom. The highest BCUT2D eigenvalue weighted by molar-refractivity contribution is 6.38. The summed E-state index contributed by atoms with van der Waals surface area (Å²) in [4.78, 5) is 83.1. The number of aliphatic hydroxyl groups is 1. The second-order valence-electron chi connectivity index (χ2n) is 31.9. The number of hydrogen-bond acceptors (Lipinski definition) is 26. The molecule has 7 fully saturated rings. The van der Waals surface area contributed by atoms with Gasteiger partial charge in [0, 0.05) is 130 Å². The van der Waals surface area contributed by atoms with E-state index in [2.05, 4.69) is 69.8 Å². The molecule has 0 aromatic carbocycles. The summed E-state index contributed by atoms with van der Waals surface area (Å²) in [6.45, 7) is 15.3. The van der Waals surface area contributed by atoms with Crippen molar-refractivity contribution in [2.75, 3.05) is 90.9 Å². The van der Waals surface area contributed by atoms with Gasteiger partial charge in [0.1, 0.15) is 51.9 Å². The lowest BCUT2D eigenvalue weighted by Gasteiger charge is -2.42. The van der Waals surface area contributed by atoms with Gasteiger partial charge < -0.3 is 53.0 Å². The zero-order chi connectivity index (χ0) is 76.9. The lowest BCUT2D eigenvalue weighted by molar-refractivity contribution is 0.170. The van der Waals surface area contributed by atoms with Gasteiger partial charge in [-0.15, -0.1) is 0 Å². The van der Waals surface area contributed by atoms with Crippen LogP contribution in [-0.2, 0) is 26.2 Å². The highest BCUT2D eigenvalue weighted by Gasteiger charge is 2.46. The zero-order valence-corrected chi connectivity index (χ0v) is 66.6. The van der Waals surface area contributed by atoms with Crippen molar-refractivity contribution in [2.24, 2.45) is 59.1 Å². The SMILES string of the molecule is CNc1nccc(C2=NCc3nc(N4CCC5(CCC[C@H]5N)CC4)cnc32)c1Cl.Cc1nccc(C2=NCc3nc(N4CCC(N)(CO)CC4)cnc32)c1Cl.Cc1nccc(C2=NCc3nc(N4CCC5(CCC[C@H]5N)CC4)cnc32)c1Cl.Cc1nccc(C2=NCc3nc(N4CCC5(CCC[C@H]5N)CC4)cnc32)c1Cl. The number of anilines is 5. The van der Waals surface area contributed by atoms with Crippen molar-refractivity contribution in [2.45, 2.75) is 180 Å². The van der Waals surface area contributed by atoms with Gasteiger partial charge in [0.2, 0.25) is 0 Å². The topological polar surface area (TPSA) is 353 Å². The molecule has 8 aromatic heterocycles. The molecule has 0 bridgehead atoms. The summed E-state index contributed by atoms with van der Waals surface area (Å²) in [5, 5.41) is 14.8. The number of nitrogens with one attached hydrogen (secondary N) is 1. The Morgan fingerprint density at radius 3 is 0.928 bits per heavy atom. The number of piperidine rings is 4. The Bertz CT molecular complexity index is 4810. The fraction of sp³-hybridized carbons (Fsp3) is 0.506. The van der Waals surface area contributed by atoms with Gasteiger partial charge in [0.15, 0.2) is 0 Å². The number of nitrogens with zero attached hydrogens (tertiary/aromatic N) is 20. The number of hydrogen-bond donors (Lipinski definition) is 6. The molecule has 3 aliphatic carbocycles. The van der Waals surface area contributed by atoms with E-state index < -0.39 is 5.54 Å². The Hall–Kier alpha value is -8.44. The molecule has 4 saturated heterocycles. The Kier molecular flexibility index (Phi) is 22.0. The van der Waals surface area contributed by atoms with E-state index in [1.165, 1.54) is 57.8 Å². The number of fused-ring (bicyclic) bond motifs is 4. The predicted octanol–water partition coefficient (Wildman–Crippen LogP) is 11.1. The lowest BCUT2D eigenvalue weighted by atomic mass is 9.74. The summed E-state index contributed by atoms with van der Waals surface area (Å²) in [5.41, 5.74) is 41.9. The number of aromatic nitrogens is 12. The van der Waals surface area contributed by atoms with Crippen molar-refractivity contribution in [1.29, 1.82) is 0 Å². The summed E-state index contributed by atoms with van der Waals surface area (Å²) < 4.78 is 0. The highest BCUT2D eigenvalue weighted by atomic mass is 35.5. The van der Waals surface area contributed by atoms with Crippen molar-refractivity contribution >= 4 is 98.3 Å². The Balaban J connectivity index is 0.000000112. The molecule has 3 atom stereocenters. The van der Waals surface area contributed by atoms with Crippen LogP contribution in [0.5, 0.6) is 0 Å². The molecule has 580 valence electrons. The normalized spacial score (nSPS) is 22.0. The minimum Gasteiger partial charge on any atom is -0.394 e. The van der Waals surface area contributed by atoms with Gasteiger partial charge in [-0.3, -0.25) is 34.9 Å². The number of aryl methyl sites for hydroxylation is 3. The molecule has 10 N–H and O–H groups in total. The molecular formula is C81H97Cl4N25O. The number of nitrogens with two attached hydrogens (primary N) is 4. The van der Waals surface area contributed by atoms with Crippen molar-refractivity contribution in [1.82, 2.24) is 59.8 Å². The van der Waals surface area contributed by atoms with Crippen molar-refractivity contribution in [3.05, 3.63) is 179 Å². The number of aliphatic hydroxyl groups excluding tert-OH is 1. The van der Waals surface area contributed by atoms with E-state index in [9.17, 15) is 5.11 Å². The first-order chi connectivity index (χ1) is 53.8. The van der Waals surface area contributed by atoms with E-state index in [0.717, 1.165) is 235 Å². The first kappa shape index (κ1) is 76.5. The van der Waals surface area contributed by atoms with Crippen LogP contribution in [0.25, 0.3) is 0 Å². The molecule has 16 heterocycles. The highest BCUT2D eigenvalue weighted by Crippen LogP contribution is 2.49. The fourth-order valence-corrected chi connectivity index (χ4v) is 19.4. The van der Waals surface area contributed by atoms with Gasteiger partial charge >= 0.3 is 0 Å². The second-order valence-corrected chi connectivity index (χ2v) is 33.4. The number of halogens is 4. The standard InChI is InChI=1S/C21H26ClN7.2C21H25ClN6.C18H21ClN6O/c1-24-20-17(22)13(4-8-25-20)18-19-14(11-26-18)28-16(12-27-19)29-9-6-21(7-10-29)5-2-3-15(21)23;2*1-13-18(22)14(4-8-24-13)19-20-15(11-25-19)27-17(12-26-20)28-9-6-21(7-10-28)5-2-3-16(21)23;1-11-15(19)12(2-5-21-11)16-17-13(8-22-16)24-14(9-23-17)25-6-3-18(20,10-26)4-7-25/h4,8,12,15H,2-3,5-7,9-11,23H2,1H3,(H,24,25);2*4,8,12,16H,2-3,5-7,9-11,23H2,1H3;2,5,9,26H,3-4,6-8,10,20H2,1H3/t15-;2*16-;/m111./s1. The van der Waals surface area contributed by atoms with Gasteiger partial charge in [0.05, 0.1) is 140 Å². The van der Waals surface area contributed by atoms with Crippen LogP contribution in [0.4, 0.5) is 29.1 Å². The summed E-state index contributed by atoms with van der Waals surface area (Å²) in [6.07, 6.45) is 33.9. The summed E-state index contributed by atoms with van der Waals surface area (Å²) in [6, 6.07) is 8.62. The fourth-order valence-electron chi connectivity index (χ4n) is 18.5. The van der Waals surface area contributed by atoms with Gasteiger partial charge in [0.25, 0.3) is 0 Å². The molecule has 3 spiro atoms. The smallest absolute Gasteiger partial charge is 0.147 e. The summed E-state index contributed by atoms with van der Waals surface area (Å²) in [5.74, 6) is 4.31. The summed E-state index contributed by atoms with van der Waals surface area (Å²) >= 11 is 25.8. The summed E-state index contributed by atoms with van der Waals surface area (Å²) in [7, 11) is 1.80. The molecule has 8 aliphatic heterocycles. The van der Waals surface area contributed by atoms with E-state index in [1.807, 2.05) is 63.6 Å². The number of aliphatic imine (C=N–C) groups is 4.